The van der Waals surface area contributed by atoms with Gasteiger partial charge in [0.2, 0.25) is 0 Å². The molecular formula is C19H16BrN5O5. The topological polar surface area (TPSA) is 129 Å². The number of esters is 1. The molecule has 0 aliphatic heterocycles. The van der Waals surface area contributed by atoms with Crippen LogP contribution in [0.2, 0.25) is 0 Å². The van der Waals surface area contributed by atoms with Crippen molar-refractivity contribution in [3.63, 3.8) is 0 Å². The molecule has 0 bridgehead atoms. The number of carbonyl (C=O) groups is 2. The Kier molecular flexibility index (Phi) is 6.21. The molecule has 1 unspecified atom stereocenters. The van der Waals surface area contributed by atoms with E-state index in [2.05, 4.69) is 31.6 Å². The molecule has 10 nitrogen and oxygen atoms in total. The summed E-state index contributed by atoms with van der Waals surface area (Å²) >= 11 is 3.32. The lowest BCUT2D eigenvalue weighted by Gasteiger charge is -2.16. The summed E-state index contributed by atoms with van der Waals surface area (Å²) in [7, 11) is 1.23. The minimum atomic E-state index is -1.04. The second-order valence-corrected chi connectivity index (χ2v) is 7.11. The first-order valence-corrected chi connectivity index (χ1v) is 9.42. The lowest BCUT2D eigenvalue weighted by atomic mass is 10.1. The Hall–Kier alpha value is -3.60. The largest absolute Gasteiger partial charge is 0.467 e. The SMILES string of the molecule is COC(=O)C(NC(=O)c1nnn(-c2cccc([N+](=O)[O-])c2)c1C)c1ccc(Br)cc1. The van der Waals surface area contributed by atoms with Gasteiger partial charge in [0.05, 0.1) is 23.4 Å². The van der Waals surface area contributed by atoms with E-state index in [-0.39, 0.29) is 11.4 Å². The first-order chi connectivity index (χ1) is 14.3. The van der Waals surface area contributed by atoms with Gasteiger partial charge in [-0.3, -0.25) is 14.9 Å². The number of hydrogen-bond acceptors (Lipinski definition) is 7. The zero-order valence-corrected chi connectivity index (χ0v) is 17.5. The predicted octanol–water partition coefficient (Wildman–Crippen LogP) is 2.89. The first-order valence-electron chi connectivity index (χ1n) is 8.63. The highest BCUT2D eigenvalue weighted by Crippen LogP contribution is 2.21. The van der Waals surface area contributed by atoms with Gasteiger partial charge in [0.25, 0.3) is 11.6 Å². The number of non-ortho nitro benzene ring substituents is 1. The molecule has 1 N–H and O–H groups in total. The van der Waals surface area contributed by atoms with Crippen LogP contribution in [-0.4, -0.2) is 38.9 Å². The quantitative estimate of drug-likeness (QED) is 0.330. The Morgan fingerprint density at radius 2 is 1.93 bits per heavy atom. The van der Waals surface area contributed by atoms with Crippen molar-refractivity contribution in [3.05, 3.63) is 80.1 Å². The normalized spacial score (nSPS) is 11.6. The van der Waals surface area contributed by atoms with E-state index in [4.69, 9.17) is 4.74 Å². The molecule has 0 radical (unpaired) electrons. The molecule has 0 aliphatic rings. The first kappa shape index (κ1) is 21.1. The zero-order valence-electron chi connectivity index (χ0n) is 15.9. The maximum absolute atomic E-state index is 12.8. The maximum atomic E-state index is 12.8. The smallest absolute Gasteiger partial charge is 0.333 e. The fourth-order valence-corrected chi connectivity index (χ4v) is 3.04. The van der Waals surface area contributed by atoms with E-state index >= 15 is 0 Å². The van der Waals surface area contributed by atoms with Gasteiger partial charge in [-0.25, -0.2) is 9.48 Å². The van der Waals surface area contributed by atoms with Crippen molar-refractivity contribution in [1.82, 2.24) is 20.3 Å². The summed E-state index contributed by atoms with van der Waals surface area (Å²) in [5, 5.41) is 21.4. The van der Waals surface area contributed by atoms with Crippen molar-refractivity contribution in [1.29, 1.82) is 0 Å². The summed E-state index contributed by atoms with van der Waals surface area (Å²) in [6.07, 6.45) is 0. The zero-order chi connectivity index (χ0) is 21.8. The van der Waals surface area contributed by atoms with Crippen molar-refractivity contribution in [3.8, 4) is 5.69 Å². The molecule has 0 saturated carbocycles. The van der Waals surface area contributed by atoms with Crippen molar-refractivity contribution < 1.29 is 19.2 Å². The van der Waals surface area contributed by atoms with Gasteiger partial charge >= 0.3 is 5.97 Å². The van der Waals surface area contributed by atoms with E-state index in [1.165, 1.54) is 30.0 Å². The van der Waals surface area contributed by atoms with Crippen LogP contribution >= 0.6 is 15.9 Å². The molecule has 1 aromatic heterocycles. The van der Waals surface area contributed by atoms with Crippen molar-refractivity contribution in [2.75, 3.05) is 7.11 Å². The van der Waals surface area contributed by atoms with Gasteiger partial charge in [-0.05, 0) is 30.7 Å². The number of rotatable bonds is 6. The number of nitro groups is 1. The monoisotopic (exact) mass is 473 g/mol. The Bertz CT molecular complexity index is 1110. The molecule has 30 heavy (non-hydrogen) atoms. The highest BCUT2D eigenvalue weighted by Gasteiger charge is 2.27. The van der Waals surface area contributed by atoms with E-state index in [1.54, 1.807) is 37.3 Å². The Morgan fingerprint density at radius 3 is 2.57 bits per heavy atom. The van der Waals surface area contributed by atoms with Crippen molar-refractivity contribution in [2.45, 2.75) is 13.0 Å². The van der Waals surface area contributed by atoms with Gasteiger partial charge in [0.1, 0.15) is 0 Å². The Balaban J connectivity index is 1.89. The Labute approximate surface area is 179 Å². The third kappa shape index (κ3) is 4.35. The minimum Gasteiger partial charge on any atom is -0.467 e. The van der Waals surface area contributed by atoms with Crippen LogP contribution in [0.25, 0.3) is 5.69 Å². The highest BCUT2D eigenvalue weighted by molar-refractivity contribution is 9.10. The van der Waals surface area contributed by atoms with Crippen LogP contribution in [0.1, 0.15) is 27.8 Å². The van der Waals surface area contributed by atoms with E-state index < -0.39 is 22.8 Å². The van der Waals surface area contributed by atoms with Gasteiger partial charge in [-0.15, -0.1) is 5.10 Å². The minimum absolute atomic E-state index is 0.0208. The molecule has 0 saturated heterocycles. The van der Waals surface area contributed by atoms with Crippen LogP contribution in [0.15, 0.2) is 53.0 Å². The number of halogens is 1. The highest BCUT2D eigenvalue weighted by atomic mass is 79.9. The Morgan fingerprint density at radius 1 is 1.23 bits per heavy atom. The summed E-state index contributed by atoms with van der Waals surface area (Å²) in [5.41, 5.74) is 1.13. The van der Waals surface area contributed by atoms with Gasteiger partial charge in [0, 0.05) is 16.6 Å². The number of ether oxygens (including phenoxy) is 1. The van der Waals surface area contributed by atoms with Crippen LogP contribution in [0.5, 0.6) is 0 Å². The predicted molar refractivity (Wildman–Crippen MR) is 109 cm³/mol. The van der Waals surface area contributed by atoms with Crippen LogP contribution in [0.4, 0.5) is 5.69 Å². The molecule has 3 aromatic rings. The van der Waals surface area contributed by atoms with Crippen LogP contribution in [0, 0.1) is 17.0 Å². The summed E-state index contributed by atoms with van der Waals surface area (Å²) in [4.78, 5) is 35.5. The van der Waals surface area contributed by atoms with Crippen LogP contribution < -0.4 is 5.32 Å². The molecule has 0 aliphatic carbocycles. The lowest BCUT2D eigenvalue weighted by molar-refractivity contribution is -0.384. The number of aromatic nitrogens is 3. The number of hydrogen-bond donors (Lipinski definition) is 1. The number of amides is 1. The average Bonchev–Trinajstić information content (AvgIpc) is 3.13. The molecule has 2 aromatic carbocycles. The van der Waals surface area contributed by atoms with E-state index in [0.717, 1.165) is 4.47 Å². The van der Waals surface area contributed by atoms with Crippen LogP contribution in [0.3, 0.4) is 0 Å². The molecule has 3 rings (SSSR count). The number of benzene rings is 2. The second kappa shape index (κ2) is 8.82. The van der Waals surface area contributed by atoms with E-state index in [0.29, 0.717) is 16.9 Å². The number of nitro benzene ring substituents is 1. The molecule has 11 heteroatoms. The third-order valence-corrected chi connectivity index (χ3v) is 4.84. The van der Waals surface area contributed by atoms with Gasteiger partial charge in [-0.2, -0.15) is 0 Å². The molecule has 1 heterocycles. The molecule has 1 amide bonds. The third-order valence-electron chi connectivity index (χ3n) is 4.31. The standard InChI is InChI=1S/C19H16BrN5O5/c1-11-16(22-23-24(11)14-4-3-5-15(10-14)25(28)29)18(26)21-17(19(27)30-2)12-6-8-13(20)9-7-12/h3-10,17H,1-2H3,(H,21,26). The summed E-state index contributed by atoms with van der Waals surface area (Å²) in [5.74, 6) is -1.28. The molecular weight excluding hydrogens is 458 g/mol. The molecule has 1 atom stereocenters. The summed E-state index contributed by atoms with van der Waals surface area (Å²) in [6, 6.07) is 11.6. The molecule has 154 valence electrons. The number of methoxy groups -OCH3 is 1. The number of carbonyl (C=O) groups excluding carboxylic acids is 2. The summed E-state index contributed by atoms with van der Waals surface area (Å²) < 4.78 is 6.93. The second-order valence-electron chi connectivity index (χ2n) is 6.19. The van der Waals surface area contributed by atoms with Gasteiger partial charge in [-0.1, -0.05) is 39.3 Å². The number of nitrogens with zero attached hydrogens (tertiary/aromatic N) is 4. The average molecular weight is 474 g/mol. The molecule has 0 spiro atoms. The van der Waals surface area contributed by atoms with Gasteiger partial charge < -0.3 is 10.1 Å². The van der Waals surface area contributed by atoms with E-state index in [9.17, 15) is 19.7 Å². The molecule has 0 fully saturated rings. The fraction of sp³-hybridized carbons (Fsp3) is 0.158. The fourth-order valence-electron chi connectivity index (χ4n) is 2.77. The van der Waals surface area contributed by atoms with Crippen LogP contribution in [-0.2, 0) is 9.53 Å². The van der Waals surface area contributed by atoms with Crippen molar-refractivity contribution >= 4 is 33.5 Å². The summed E-state index contributed by atoms with van der Waals surface area (Å²) in [6.45, 7) is 1.60. The number of nitrogens with one attached hydrogen (secondary N) is 1. The van der Waals surface area contributed by atoms with Gasteiger partial charge in [0.15, 0.2) is 11.7 Å². The maximum Gasteiger partial charge on any atom is 0.333 e. The lowest BCUT2D eigenvalue weighted by Crippen LogP contribution is -2.35. The van der Waals surface area contributed by atoms with E-state index in [1.807, 2.05) is 0 Å². The van der Waals surface area contributed by atoms with Crippen molar-refractivity contribution in [2.24, 2.45) is 0 Å².